The zero-order valence-corrected chi connectivity index (χ0v) is 16.2. The summed E-state index contributed by atoms with van der Waals surface area (Å²) in [7, 11) is 0. The van der Waals surface area contributed by atoms with Crippen molar-refractivity contribution >= 4 is 17.3 Å². The molecule has 0 radical (unpaired) electrons. The lowest BCUT2D eigenvalue weighted by Crippen LogP contribution is -2.33. The Morgan fingerprint density at radius 3 is 2.38 bits per heavy atom. The zero-order chi connectivity index (χ0) is 18.7. The first-order valence-electron chi connectivity index (χ1n) is 9.45. The third-order valence-corrected chi connectivity index (χ3v) is 5.14. The normalized spacial score (nSPS) is 15.8. The zero-order valence-electron chi connectivity index (χ0n) is 16.2. The largest absolute Gasteiger partial charge is 0.370 e. The highest BCUT2D eigenvalue weighted by atomic mass is 16.1. The van der Waals surface area contributed by atoms with Crippen LogP contribution in [0, 0.1) is 5.92 Å². The molecule has 26 heavy (non-hydrogen) atoms. The van der Waals surface area contributed by atoms with Crippen molar-refractivity contribution in [2.45, 2.75) is 46.0 Å². The smallest absolute Gasteiger partial charge is 0.257 e. The fourth-order valence-electron chi connectivity index (χ4n) is 3.25. The molecule has 1 aliphatic heterocycles. The molecule has 1 aromatic heterocycles. The van der Waals surface area contributed by atoms with Gasteiger partial charge in [0, 0.05) is 25.0 Å². The maximum absolute atomic E-state index is 12.6. The number of hydrogen-bond acceptors (Lipinski definition) is 3. The number of hydrogen-bond donors (Lipinski definition) is 1. The van der Waals surface area contributed by atoms with Gasteiger partial charge in [-0.05, 0) is 47.9 Å². The van der Waals surface area contributed by atoms with Crippen LogP contribution in [0.2, 0.25) is 0 Å². The van der Waals surface area contributed by atoms with E-state index >= 15 is 0 Å². The monoisotopic (exact) mass is 351 g/mol. The van der Waals surface area contributed by atoms with Crippen LogP contribution in [-0.4, -0.2) is 24.0 Å². The first kappa shape index (κ1) is 18.4. The van der Waals surface area contributed by atoms with E-state index in [9.17, 15) is 4.79 Å². The van der Waals surface area contributed by atoms with Crippen molar-refractivity contribution < 1.29 is 4.79 Å². The molecule has 1 saturated heterocycles. The van der Waals surface area contributed by atoms with Gasteiger partial charge in [-0.3, -0.25) is 9.78 Å². The molecule has 2 heterocycles. The van der Waals surface area contributed by atoms with Crippen molar-refractivity contribution in [3.8, 4) is 0 Å². The minimum Gasteiger partial charge on any atom is -0.370 e. The quantitative estimate of drug-likeness (QED) is 0.858. The molecule has 0 unspecified atom stereocenters. The van der Waals surface area contributed by atoms with Gasteiger partial charge in [0.25, 0.3) is 5.91 Å². The number of nitrogens with one attached hydrogen (secondary N) is 1. The molecule has 138 valence electrons. The van der Waals surface area contributed by atoms with Crippen molar-refractivity contribution in [1.82, 2.24) is 4.98 Å². The summed E-state index contributed by atoms with van der Waals surface area (Å²) in [5, 5.41) is 2.98. The number of benzene rings is 1. The number of pyridine rings is 1. The van der Waals surface area contributed by atoms with Crippen LogP contribution >= 0.6 is 0 Å². The van der Waals surface area contributed by atoms with Gasteiger partial charge >= 0.3 is 0 Å². The molecule has 2 aromatic rings. The van der Waals surface area contributed by atoms with Crippen LogP contribution in [0.3, 0.4) is 0 Å². The van der Waals surface area contributed by atoms with Gasteiger partial charge in [-0.25, -0.2) is 0 Å². The number of anilines is 2. The van der Waals surface area contributed by atoms with E-state index in [1.54, 1.807) is 6.20 Å². The Morgan fingerprint density at radius 2 is 1.77 bits per heavy atom. The van der Waals surface area contributed by atoms with E-state index in [2.05, 4.69) is 55.0 Å². The van der Waals surface area contributed by atoms with Crippen LogP contribution in [0.4, 0.5) is 11.4 Å². The second-order valence-corrected chi connectivity index (χ2v) is 8.38. The van der Waals surface area contributed by atoms with Gasteiger partial charge < -0.3 is 10.2 Å². The van der Waals surface area contributed by atoms with Crippen LogP contribution in [0.1, 0.15) is 56.5 Å². The predicted molar refractivity (Wildman–Crippen MR) is 108 cm³/mol. The van der Waals surface area contributed by atoms with E-state index in [0.717, 1.165) is 30.4 Å². The van der Waals surface area contributed by atoms with E-state index in [4.69, 9.17) is 0 Å². The van der Waals surface area contributed by atoms with Gasteiger partial charge in [0.2, 0.25) is 0 Å². The molecule has 1 fully saturated rings. The average Bonchev–Trinajstić information content (AvgIpc) is 2.62. The molecule has 4 heteroatoms. The molecule has 1 aromatic carbocycles. The standard InChI is InChI=1S/C22H29N3O/c1-16-9-11-25(12-10-16)20-13-17(14-23-15-20)21(26)24-19-7-5-18(6-8-19)22(2,3)4/h5-8,13-16H,9-12H2,1-4H3,(H,24,26). The summed E-state index contributed by atoms with van der Waals surface area (Å²) in [5.41, 5.74) is 3.79. The number of amides is 1. The third kappa shape index (κ3) is 4.43. The lowest BCUT2D eigenvalue weighted by atomic mass is 9.87. The van der Waals surface area contributed by atoms with E-state index in [-0.39, 0.29) is 11.3 Å². The first-order valence-corrected chi connectivity index (χ1v) is 9.45. The summed E-state index contributed by atoms with van der Waals surface area (Å²) in [6, 6.07) is 10.0. The van der Waals surface area contributed by atoms with Crippen LogP contribution < -0.4 is 10.2 Å². The molecule has 0 aliphatic carbocycles. The Morgan fingerprint density at radius 1 is 1.12 bits per heavy atom. The summed E-state index contributed by atoms with van der Waals surface area (Å²) < 4.78 is 0. The van der Waals surface area contributed by atoms with Gasteiger partial charge in [-0.1, -0.05) is 39.8 Å². The SMILES string of the molecule is CC1CCN(c2cncc(C(=O)Nc3ccc(C(C)(C)C)cc3)c2)CC1. The van der Waals surface area contributed by atoms with Gasteiger partial charge in [-0.2, -0.15) is 0 Å². The number of carbonyl (C=O) groups excluding carboxylic acids is 1. The molecular formula is C22H29N3O. The molecule has 1 aliphatic rings. The van der Waals surface area contributed by atoms with Gasteiger partial charge in [0.05, 0.1) is 17.4 Å². The lowest BCUT2D eigenvalue weighted by molar-refractivity contribution is 0.102. The number of carbonyl (C=O) groups is 1. The summed E-state index contributed by atoms with van der Waals surface area (Å²) in [6.45, 7) is 10.9. The van der Waals surface area contributed by atoms with Crippen LogP contribution in [0.15, 0.2) is 42.7 Å². The second kappa shape index (κ2) is 7.48. The summed E-state index contributed by atoms with van der Waals surface area (Å²) in [4.78, 5) is 19.2. The first-order chi connectivity index (χ1) is 12.3. The molecule has 0 atom stereocenters. The van der Waals surface area contributed by atoms with Crippen LogP contribution in [-0.2, 0) is 5.41 Å². The fraction of sp³-hybridized carbons (Fsp3) is 0.455. The minimum atomic E-state index is -0.117. The molecule has 4 nitrogen and oxygen atoms in total. The highest BCUT2D eigenvalue weighted by molar-refractivity contribution is 6.04. The topological polar surface area (TPSA) is 45.2 Å². The summed E-state index contributed by atoms with van der Waals surface area (Å²) >= 11 is 0. The lowest BCUT2D eigenvalue weighted by Gasteiger charge is -2.32. The van der Waals surface area contributed by atoms with Crippen molar-refractivity contribution in [3.05, 3.63) is 53.9 Å². The molecule has 3 rings (SSSR count). The van der Waals surface area contributed by atoms with E-state index in [0.29, 0.717) is 5.56 Å². The predicted octanol–water partition coefficient (Wildman–Crippen LogP) is 4.87. The molecular weight excluding hydrogens is 322 g/mol. The average molecular weight is 351 g/mol. The third-order valence-electron chi connectivity index (χ3n) is 5.14. The van der Waals surface area contributed by atoms with E-state index in [1.807, 2.05) is 24.4 Å². The Kier molecular flexibility index (Phi) is 5.30. The highest BCUT2D eigenvalue weighted by Crippen LogP contribution is 2.25. The molecule has 0 spiro atoms. The number of nitrogens with zero attached hydrogens (tertiary/aromatic N) is 2. The Labute approximate surface area is 156 Å². The Balaban J connectivity index is 1.69. The maximum Gasteiger partial charge on any atom is 0.257 e. The fourth-order valence-corrected chi connectivity index (χ4v) is 3.25. The van der Waals surface area contributed by atoms with Crippen molar-refractivity contribution in [3.63, 3.8) is 0 Å². The molecule has 0 saturated carbocycles. The van der Waals surface area contributed by atoms with Crippen molar-refractivity contribution in [2.75, 3.05) is 23.3 Å². The highest BCUT2D eigenvalue weighted by Gasteiger charge is 2.18. The maximum atomic E-state index is 12.6. The number of aromatic nitrogens is 1. The molecule has 0 bridgehead atoms. The Hall–Kier alpha value is -2.36. The van der Waals surface area contributed by atoms with Crippen molar-refractivity contribution in [2.24, 2.45) is 5.92 Å². The summed E-state index contributed by atoms with van der Waals surface area (Å²) in [5.74, 6) is 0.662. The number of rotatable bonds is 3. The van der Waals surface area contributed by atoms with Gasteiger partial charge in [-0.15, -0.1) is 0 Å². The molecule has 1 amide bonds. The van der Waals surface area contributed by atoms with Crippen LogP contribution in [0.5, 0.6) is 0 Å². The van der Waals surface area contributed by atoms with Crippen molar-refractivity contribution in [1.29, 1.82) is 0 Å². The summed E-state index contributed by atoms with van der Waals surface area (Å²) in [6.07, 6.45) is 5.87. The minimum absolute atomic E-state index is 0.104. The van der Waals surface area contributed by atoms with Gasteiger partial charge in [0.15, 0.2) is 0 Å². The van der Waals surface area contributed by atoms with E-state index in [1.165, 1.54) is 18.4 Å². The Bertz CT molecular complexity index is 754. The molecule has 1 N–H and O–H groups in total. The number of piperidine rings is 1. The van der Waals surface area contributed by atoms with Crippen LogP contribution in [0.25, 0.3) is 0 Å². The van der Waals surface area contributed by atoms with E-state index < -0.39 is 0 Å². The van der Waals surface area contributed by atoms with Gasteiger partial charge in [0.1, 0.15) is 0 Å². The second-order valence-electron chi connectivity index (χ2n) is 8.38.